The van der Waals surface area contributed by atoms with Crippen molar-refractivity contribution in [3.05, 3.63) is 94.4 Å². The van der Waals surface area contributed by atoms with Gasteiger partial charge in [0, 0.05) is 10.9 Å². The number of nitrogens with zero attached hydrogens (tertiary/aromatic N) is 3. The summed E-state index contributed by atoms with van der Waals surface area (Å²) in [6.07, 6.45) is 1.72. The summed E-state index contributed by atoms with van der Waals surface area (Å²) >= 11 is 1.34. The second kappa shape index (κ2) is 8.60. The molecule has 8 heteroatoms. The van der Waals surface area contributed by atoms with E-state index in [1.54, 1.807) is 35.2 Å². The lowest BCUT2D eigenvalue weighted by Crippen LogP contribution is -2.25. The smallest absolute Gasteiger partial charge is 0.262 e. The lowest BCUT2D eigenvalue weighted by molar-refractivity contribution is -0.118. The van der Waals surface area contributed by atoms with Gasteiger partial charge >= 0.3 is 0 Å². The number of hydrogen-bond acceptors (Lipinski definition) is 5. The molecule has 3 aromatic carbocycles. The van der Waals surface area contributed by atoms with E-state index in [2.05, 4.69) is 15.4 Å². The van der Waals surface area contributed by atoms with Gasteiger partial charge in [0.25, 0.3) is 5.91 Å². The van der Waals surface area contributed by atoms with Crippen LogP contribution in [0.4, 0.5) is 15.8 Å². The van der Waals surface area contributed by atoms with Crippen LogP contribution in [0.2, 0.25) is 0 Å². The van der Waals surface area contributed by atoms with Crippen molar-refractivity contribution >= 4 is 34.8 Å². The first-order valence-corrected chi connectivity index (χ1v) is 10.7. The normalized spacial score (nSPS) is 13.7. The first-order chi connectivity index (χ1) is 15.7. The number of anilines is 1. The van der Waals surface area contributed by atoms with Gasteiger partial charge in [-0.15, -0.1) is 11.3 Å². The number of carbonyl (C=O) groups is 1. The predicted octanol–water partition coefficient (Wildman–Crippen LogP) is 4.80. The van der Waals surface area contributed by atoms with Crippen LogP contribution < -0.4 is 14.9 Å². The zero-order chi connectivity index (χ0) is 21.9. The Hall–Kier alpha value is -4.04. The number of ether oxygens (including phenoxy) is 1. The van der Waals surface area contributed by atoms with Crippen LogP contribution in [0.25, 0.3) is 11.3 Å². The highest BCUT2D eigenvalue weighted by Gasteiger charge is 2.18. The second-order valence-electron chi connectivity index (χ2n) is 6.98. The maximum atomic E-state index is 14.2. The fourth-order valence-electron chi connectivity index (χ4n) is 3.24. The van der Waals surface area contributed by atoms with Gasteiger partial charge in [0.2, 0.25) is 4.80 Å². The number of fused-ring (bicyclic) bond motifs is 1. The SMILES string of the molecule is O=C1COc2ccc(-c3csc(=Nc4ccccc4F)n3N=Cc3ccccc3)cc2N1. The fourth-order valence-corrected chi connectivity index (χ4v) is 4.09. The molecule has 0 atom stereocenters. The molecule has 0 fully saturated rings. The summed E-state index contributed by atoms with van der Waals surface area (Å²) in [7, 11) is 0. The Bertz CT molecular complexity index is 1390. The van der Waals surface area contributed by atoms with Crippen LogP contribution in [0.1, 0.15) is 5.56 Å². The molecule has 158 valence electrons. The van der Waals surface area contributed by atoms with Gasteiger partial charge in [-0.2, -0.15) is 5.10 Å². The number of aromatic nitrogens is 1. The Morgan fingerprint density at radius 1 is 1.06 bits per heavy atom. The van der Waals surface area contributed by atoms with Gasteiger partial charge in [-0.3, -0.25) is 4.79 Å². The van der Waals surface area contributed by atoms with Crippen LogP contribution in [0.15, 0.2) is 88.3 Å². The van der Waals surface area contributed by atoms with Crippen molar-refractivity contribution in [2.24, 2.45) is 10.1 Å². The van der Waals surface area contributed by atoms with Crippen molar-refractivity contribution in [3.8, 4) is 17.0 Å². The lowest BCUT2D eigenvalue weighted by atomic mass is 10.1. The van der Waals surface area contributed by atoms with Gasteiger partial charge in [0.15, 0.2) is 6.61 Å². The fraction of sp³-hybridized carbons (Fsp3) is 0.0417. The van der Waals surface area contributed by atoms with Gasteiger partial charge in [-0.1, -0.05) is 42.5 Å². The standard InChI is InChI=1S/C24H17FN4O2S/c25-18-8-4-5-9-19(18)28-24-29(26-13-16-6-2-1-3-7-16)21(15-32-24)17-10-11-22-20(12-17)27-23(30)14-31-22/h1-13,15H,14H2,(H,27,30). The molecule has 5 rings (SSSR count). The first-order valence-electron chi connectivity index (χ1n) is 9.84. The quantitative estimate of drug-likeness (QED) is 0.460. The molecular formula is C24H17FN4O2S. The third-order valence-corrected chi connectivity index (χ3v) is 5.60. The number of halogens is 1. The van der Waals surface area contributed by atoms with Crippen molar-refractivity contribution in [1.82, 2.24) is 4.68 Å². The third-order valence-electron chi connectivity index (χ3n) is 4.78. The molecule has 4 aromatic rings. The topological polar surface area (TPSA) is 68.0 Å². The molecule has 32 heavy (non-hydrogen) atoms. The summed E-state index contributed by atoms with van der Waals surface area (Å²) in [5.74, 6) is -0.000879. The molecule has 6 nitrogen and oxygen atoms in total. The number of hydrogen-bond donors (Lipinski definition) is 1. The van der Waals surface area contributed by atoms with E-state index in [1.807, 2.05) is 47.8 Å². The number of thiazole rings is 1. The predicted molar refractivity (Wildman–Crippen MR) is 123 cm³/mol. The molecule has 1 N–H and O–H groups in total. The van der Waals surface area contributed by atoms with Crippen molar-refractivity contribution < 1.29 is 13.9 Å². The number of nitrogens with one attached hydrogen (secondary N) is 1. The molecule has 1 aliphatic rings. The monoisotopic (exact) mass is 444 g/mol. The second-order valence-corrected chi connectivity index (χ2v) is 7.82. The van der Waals surface area contributed by atoms with Gasteiger partial charge in [-0.25, -0.2) is 14.1 Å². The first kappa shape index (κ1) is 19.9. The molecule has 0 saturated carbocycles. The largest absolute Gasteiger partial charge is 0.482 e. The van der Waals surface area contributed by atoms with E-state index >= 15 is 0 Å². The highest BCUT2D eigenvalue weighted by Crippen LogP contribution is 2.33. The molecule has 0 spiro atoms. The summed E-state index contributed by atoms with van der Waals surface area (Å²) < 4.78 is 21.3. The average Bonchev–Trinajstić information content (AvgIpc) is 3.21. The van der Waals surface area contributed by atoms with E-state index < -0.39 is 5.82 Å². The summed E-state index contributed by atoms with van der Waals surface area (Å²) in [5.41, 5.74) is 3.30. The molecule has 0 saturated heterocycles. The van der Waals surface area contributed by atoms with E-state index in [4.69, 9.17) is 4.74 Å². The van der Waals surface area contributed by atoms with E-state index in [-0.39, 0.29) is 18.2 Å². The Kier molecular flexibility index (Phi) is 5.35. The Labute approximate surface area is 187 Å². The zero-order valence-electron chi connectivity index (χ0n) is 16.7. The van der Waals surface area contributed by atoms with Crippen LogP contribution in [-0.4, -0.2) is 23.4 Å². The number of carbonyl (C=O) groups excluding carboxylic acids is 1. The summed E-state index contributed by atoms with van der Waals surface area (Å²) in [4.78, 5) is 16.7. The molecule has 0 radical (unpaired) electrons. The van der Waals surface area contributed by atoms with Crippen molar-refractivity contribution in [2.75, 3.05) is 11.9 Å². The molecule has 1 aliphatic heterocycles. The molecule has 0 unspecified atom stereocenters. The summed E-state index contributed by atoms with van der Waals surface area (Å²) in [6, 6.07) is 21.5. The molecule has 2 heterocycles. The van der Waals surface area contributed by atoms with E-state index in [9.17, 15) is 9.18 Å². The van der Waals surface area contributed by atoms with Crippen molar-refractivity contribution in [3.63, 3.8) is 0 Å². The van der Waals surface area contributed by atoms with Crippen molar-refractivity contribution in [2.45, 2.75) is 0 Å². The van der Waals surface area contributed by atoms with Crippen LogP contribution in [0.5, 0.6) is 5.75 Å². The number of benzene rings is 3. The minimum atomic E-state index is -0.408. The summed E-state index contributed by atoms with van der Waals surface area (Å²) in [5, 5.41) is 9.35. The minimum absolute atomic E-state index is 0.00215. The van der Waals surface area contributed by atoms with E-state index in [1.165, 1.54) is 17.4 Å². The summed E-state index contributed by atoms with van der Waals surface area (Å²) in [6.45, 7) is -0.00215. The third kappa shape index (κ3) is 4.08. The van der Waals surface area contributed by atoms with Crippen LogP contribution in [0.3, 0.4) is 0 Å². The number of rotatable bonds is 4. The average molecular weight is 444 g/mol. The Morgan fingerprint density at radius 3 is 2.72 bits per heavy atom. The molecular weight excluding hydrogens is 427 g/mol. The lowest BCUT2D eigenvalue weighted by Gasteiger charge is -2.18. The maximum absolute atomic E-state index is 14.2. The molecule has 0 bridgehead atoms. The zero-order valence-corrected chi connectivity index (χ0v) is 17.6. The molecule has 1 amide bonds. The van der Waals surface area contributed by atoms with Gasteiger partial charge < -0.3 is 10.1 Å². The number of para-hydroxylation sites is 1. The maximum Gasteiger partial charge on any atom is 0.262 e. The van der Waals surface area contributed by atoms with E-state index in [0.717, 1.165) is 16.8 Å². The highest BCUT2D eigenvalue weighted by molar-refractivity contribution is 7.07. The molecule has 0 aliphatic carbocycles. The van der Waals surface area contributed by atoms with Crippen molar-refractivity contribution in [1.29, 1.82) is 0 Å². The van der Waals surface area contributed by atoms with Gasteiger partial charge in [0.1, 0.15) is 17.3 Å². The molecule has 1 aromatic heterocycles. The van der Waals surface area contributed by atoms with E-state index in [0.29, 0.717) is 16.2 Å². The van der Waals surface area contributed by atoms with Gasteiger partial charge in [0.05, 0.1) is 17.6 Å². The van der Waals surface area contributed by atoms with Gasteiger partial charge in [-0.05, 0) is 35.9 Å². The van der Waals surface area contributed by atoms with Crippen LogP contribution in [0, 0.1) is 5.82 Å². The Balaban J connectivity index is 1.64. The Morgan fingerprint density at radius 2 is 1.88 bits per heavy atom. The highest BCUT2D eigenvalue weighted by atomic mass is 32.1. The van der Waals surface area contributed by atoms with Crippen LogP contribution >= 0.6 is 11.3 Å². The number of amides is 1. The van der Waals surface area contributed by atoms with Crippen LogP contribution in [-0.2, 0) is 4.79 Å². The minimum Gasteiger partial charge on any atom is -0.482 e.